The van der Waals surface area contributed by atoms with Crippen LogP contribution in [0, 0.1) is 13.1 Å². The van der Waals surface area contributed by atoms with E-state index in [0.717, 1.165) is 43.5 Å². The van der Waals surface area contributed by atoms with Gasteiger partial charge in [-0.3, -0.25) is 24.2 Å². The molecule has 0 unspecified atom stereocenters. The first-order chi connectivity index (χ1) is 30.3. The lowest BCUT2D eigenvalue weighted by molar-refractivity contribution is -0.137. The highest BCUT2D eigenvalue weighted by atomic mass is 32.1. The Balaban J connectivity index is 0.000000195. The molecule has 4 heterocycles. The Morgan fingerprint density at radius 3 is 1.48 bits per heavy atom. The molecule has 13 nitrogen and oxygen atoms in total. The normalized spacial score (nSPS) is 16.0. The highest BCUT2D eigenvalue weighted by Crippen LogP contribution is 2.45. The van der Waals surface area contributed by atoms with Crippen molar-refractivity contribution in [3.05, 3.63) is 112 Å². The number of primary amides is 1. The summed E-state index contributed by atoms with van der Waals surface area (Å²) in [5.41, 5.74) is 7.41. The Kier molecular flexibility index (Phi) is 11.6. The van der Waals surface area contributed by atoms with Gasteiger partial charge in [0.1, 0.15) is 16.1 Å². The monoisotopic (exact) mass is 964 g/mol. The molecule has 4 aromatic carbocycles. The first-order valence-corrected chi connectivity index (χ1v) is 21.1. The smallest absolute Gasteiger partial charge is 0.375 e. The molecule has 0 saturated carbocycles. The molecule has 332 valence electrons. The van der Waals surface area contributed by atoms with Gasteiger partial charge in [-0.05, 0) is 113 Å². The van der Waals surface area contributed by atoms with Crippen LogP contribution in [0.2, 0.25) is 0 Å². The average Bonchev–Trinajstić information content (AvgIpc) is 3.89. The van der Waals surface area contributed by atoms with Gasteiger partial charge in [-0.2, -0.15) is 26.3 Å². The molecule has 0 bridgehead atoms. The number of fused-ring (bicyclic) bond motifs is 2. The number of carbonyl (C=O) groups is 3. The maximum atomic E-state index is 13.5. The van der Waals surface area contributed by atoms with E-state index >= 15 is 0 Å². The van der Waals surface area contributed by atoms with Crippen molar-refractivity contribution in [1.82, 2.24) is 9.97 Å². The maximum Gasteiger partial charge on any atom is 0.407 e. The quantitative estimate of drug-likeness (QED) is 0.0938. The zero-order valence-electron chi connectivity index (χ0n) is 34.0. The molecule has 0 aliphatic carbocycles. The van der Waals surface area contributed by atoms with Gasteiger partial charge in [-0.25, -0.2) is 19.7 Å². The van der Waals surface area contributed by atoms with Gasteiger partial charge in [0.25, 0.3) is 11.8 Å². The number of benzene rings is 4. The summed E-state index contributed by atoms with van der Waals surface area (Å²) in [6, 6.07) is 16.7. The van der Waals surface area contributed by atoms with Crippen LogP contribution in [0.15, 0.2) is 72.8 Å². The minimum Gasteiger partial charge on any atom is -0.375 e. The number of nitrogens with two attached hydrogens (primary N) is 2. The maximum absolute atomic E-state index is 13.5. The van der Waals surface area contributed by atoms with Crippen molar-refractivity contribution < 1.29 is 40.7 Å². The van der Waals surface area contributed by atoms with Crippen LogP contribution in [0.4, 0.5) is 65.6 Å². The number of nitrogens with zero attached hydrogens (tertiary/aromatic N) is 8. The summed E-state index contributed by atoms with van der Waals surface area (Å²) in [6.07, 6.45) is -9.52. The summed E-state index contributed by atoms with van der Waals surface area (Å²) in [6.45, 7) is 20.5. The lowest BCUT2D eigenvalue weighted by Crippen LogP contribution is -2.44. The number of anilines is 5. The molecule has 23 heteroatoms. The Labute approximate surface area is 384 Å². The SMILES string of the molecule is [C-]#[N+]c1ccc(N2C(=O)C(C)(C)N(c3ccc4sc(CC(N)=O)nc4c3)C2=S)cc1C(F)(F)F.[C-]#[N+]c1ccc(N2C(=O)C(C)(C)N(c3ccc4sc(N)nc4c3)C2=S)cc1C(F)(F)F. The number of halogens is 6. The summed E-state index contributed by atoms with van der Waals surface area (Å²) >= 11 is 13.7. The molecule has 6 aromatic rings. The third-order valence-corrected chi connectivity index (χ3v) is 12.9. The Morgan fingerprint density at radius 2 is 1.08 bits per heavy atom. The summed E-state index contributed by atoms with van der Waals surface area (Å²) in [5.74, 6) is -1.52. The molecule has 2 saturated heterocycles. The van der Waals surface area contributed by atoms with Crippen molar-refractivity contribution >= 4 is 135 Å². The lowest BCUT2D eigenvalue weighted by Gasteiger charge is -2.29. The standard InChI is InChI=1S/C22H16F3N5O2S2.C20H14F3N5OS2/c1-21(2)19(32)29(11-4-6-14(27-3)13(8-11)22(23,24)25)20(33)30(21)12-5-7-16-15(9-12)28-18(34-16)10-17(26)31;1-19(2)16(29)27(10-4-6-13(25-3)12(8-10)20(21,22)23)18(30)28(19)11-5-7-15-14(9-11)26-17(24)31-15/h4-9H,10H2,1-2H3,(H2,26,31);4-9H,1-2H3,(H2,24,26). The van der Waals surface area contributed by atoms with Crippen LogP contribution in [0.3, 0.4) is 0 Å². The number of nitrogen functional groups attached to an aromatic ring is 1. The fourth-order valence-corrected chi connectivity index (χ4v) is 10.0. The number of alkyl halides is 6. The van der Waals surface area contributed by atoms with Gasteiger partial charge < -0.3 is 21.3 Å². The molecular weight excluding hydrogens is 935 g/mol. The first-order valence-electron chi connectivity index (χ1n) is 18.7. The van der Waals surface area contributed by atoms with E-state index < -0.39 is 63.7 Å². The number of carbonyl (C=O) groups excluding carboxylic acids is 3. The average molecular weight is 965 g/mol. The van der Waals surface area contributed by atoms with Gasteiger partial charge in [-0.15, -0.1) is 11.3 Å². The zero-order valence-corrected chi connectivity index (χ0v) is 37.3. The summed E-state index contributed by atoms with van der Waals surface area (Å²) in [5, 5.41) is 0.958. The molecule has 3 amide bonds. The van der Waals surface area contributed by atoms with Gasteiger partial charge in [-0.1, -0.05) is 23.5 Å². The van der Waals surface area contributed by atoms with Crippen molar-refractivity contribution in [2.45, 2.75) is 57.5 Å². The molecule has 0 atom stereocenters. The second-order valence-electron chi connectivity index (χ2n) is 15.4. The van der Waals surface area contributed by atoms with E-state index in [0.29, 0.717) is 32.5 Å². The van der Waals surface area contributed by atoms with Crippen LogP contribution in [0.5, 0.6) is 0 Å². The van der Waals surface area contributed by atoms with Crippen LogP contribution in [-0.4, -0.2) is 49.0 Å². The third kappa shape index (κ3) is 8.27. The predicted octanol–water partition coefficient (Wildman–Crippen LogP) is 10.2. The minimum absolute atomic E-state index is 0.00327. The summed E-state index contributed by atoms with van der Waals surface area (Å²) in [4.78, 5) is 57.5. The van der Waals surface area contributed by atoms with Crippen LogP contribution >= 0.6 is 47.1 Å². The number of rotatable bonds is 6. The van der Waals surface area contributed by atoms with E-state index in [1.54, 1.807) is 73.9 Å². The number of hydrogen-bond acceptors (Lipinski definition) is 10. The van der Waals surface area contributed by atoms with E-state index in [1.165, 1.54) is 34.8 Å². The second kappa shape index (κ2) is 16.3. The van der Waals surface area contributed by atoms with Crippen molar-refractivity contribution in [2.75, 3.05) is 25.3 Å². The van der Waals surface area contributed by atoms with Crippen LogP contribution in [0.25, 0.3) is 30.1 Å². The molecule has 65 heavy (non-hydrogen) atoms. The van der Waals surface area contributed by atoms with E-state index in [2.05, 4.69) is 19.7 Å². The molecule has 2 fully saturated rings. The molecule has 0 radical (unpaired) electrons. The summed E-state index contributed by atoms with van der Waals surface area (Å²) < 4.78 is 82.4. The van der Waals surface area contributed by atoms with Gasteiger partial charge in [0.15, 0.2) is 26.7 Å². The van der Waals surface area contributed by atoms with Gasteiger partial charge in [0.05, 0.1) is 51.1 Å². The Bertz CT molecular complexity index is 3110. The predicted molar refractivity (Wildman–Crippen MR) is 245 cm³/mol. The molecular formula is C42H30F6N10O3S4. The lowest BCUT2D eigenvalue weighted by atomic mass is 10.0. The largest absolute Gasteiger partial charge is 0.407 e. The molecule has 2 aliphatic heterocycles. The number of aromatic nitrogens is 2. The Hall–Kier alpha value is -6.79. The fourth-order valence-electron chi connectivity index (χ4n) is 7.29. The van der Waals surface area contributed by atoms with E-state index in [4.69, 9.17) is 49.0 Å². The number of hydrogen-bond donors (Lipinski definition) is 2. The van der Waals surface area contributed by atoms with E-state index in [-0.39, 0.29) is 28.0 Å². The first kappa shape index (κ1) is 46.2. The number of thiocarbonyl (C=S) groups is 2. The fraction of sp³-hybridized carbons (Fsp3) is 0.214. The second-order valence-corrected chi connectivity index (χ2v) is 18.3. The van der Waals surface area contributed by atoms with Crippen LogP contribution < -0.4 is 31.1 Å². The van der Waals surface area contributed by atoms with Crippen LogP contribution in [0.1, 0.15) is 43.8 Å². The number of amides is 3. The van der Waals surface area contributed by atoms with Crippen molar-refractivity contribution in [2.24, 2.45) is 5.73 Å². The number of thiazole rings is 2. The molecule has 0 spiro atoms. The summed E-state index contributed by atoms with van der Waals surface area (Å²) in [7, 11) is 0. The van der Waals surface area contributed by atoms with Gasteiger partial charge in [0.2, 0.25) is 5.91 Å². The van der Waals surface area contributed by atoms with Crippen LogP contribution in [-0.2, 0) is 33.2 Å². The highest BCUT2D eigenvalue weighted by Gasteiger charge is 2.52. The molecule has 2 aromatic heterocycles. The molecule has 4 N–H and O–H groups in total. The van der Waals surface area contributed by atoms with E-state index in [1.807, 2.05) is 0 Å². The Morgan fingerprint density at radius 1 is 0.677 bits per heavy atom. The van der Waals surface area contributed by atoms with Gasteiger partial charge in [0, 0.05) is 22.7 Å². The molecule has 8 rings (SSSR count). The zero-order chi connectivity index (χ0) is 47.7. The minimum atomic E-state index is -4.77. The van der Waals surface area contributed by atoms with Crippen molar-refractivity contribution in [3.63, 3.8) is 0 Å². The highest BCUT2D eigenvalue weighted by molar-refractivity contribution is 7.81. The van der Waals surface area contributed by atoms with Crippen molar-refractivity contribution in [3.8, 4) is 0 Å². The third-order valence-electron chi connectivity index (χ3n) is 10.3. The molecule has 2 aliphatic rings. The van der Waals surface area contributed by atoms with Gasteiger partial charge >= 0.3 is 12.4 Å². The topological polar surface area (TPSA) is 151 Å². The van der Waals surface area contributed by atoms with E-state index in [9.17, 15) is 40.7 Å². The van der Waals surface area contributed by atoms with Crippen molar-refractivity contribution in [1.29, 1.82) is 0 Å².